The van der Waals surface area contributed by atoms with E-state index in [-0.39, 0.29) is 17.9 Å². The summed E-state index contributed by atoms with van der Waals surface area (Å²) in [7, 11) is 11.0. The van der Waals surface area contributed by atoms with Gasteiger partial charge in [-0.2, -0.15) is 10.2 Å². The normalized spacial score (nSPS) is 17.1. The maximum absolute atomic E-state index is 9.81. The summed E-state index contributed by atoms with van der Waals surface area (Å²) in [4.78, 5) is 11.4. The highest BCUT2D eigenvalue weighted by Crippen LogP contribution is 2.29. The molecule has 4 rings (SSSR count). The number of nitrogens with one attached hydrogen (secondary N) is 2. The molecule has 1 aliphatic heterocycles. The Morgan fingerprint density at radius 2 is 2.37 bits per heavy atom. The monoisotopic (exact) mass is 361 g/mol. The minimum absolute atomic E-state index is 0.174. The number of fused-ring (bicyclic) bond motifs is 1. The fourth-order valence-corrected chi connectivity index (χ4v) is 2.64. The lowest BCUT2D eigenvalue weighted by atomic mass is 9.73. The highest BCUT2D eigenvalue weighted by Gasteiger charge is 2.24. The van der Waals surface area contributed by atoms with E-state index in [2.05, 4.69) is 25.4 Å². The number of nitriles is 1. The summed E-state index contributed by atoms with van der Waals surface area (Å²) in [6.45, 7) is 1.03. The molecular formula is C15H13B2N7O3. The second-order valence-corrected chi connectivity index (χ2v) is 6.10. The number of hydrogen-bond acceptors (Lipinski definition) is 8. The third kappa shape index (κ3) is 3.60. The predicted octanol–water partition coefficient (Wildman–Crippen LogP) is -0.166. The summed E-state index contributed by atoms with van der Waals surface area (Å²) in [5.74, 6) is 0.409. The molecule has 3 aromatic rings. The van der Waals surface area contributed by atoms with Gasteiger partial charge in [-0.3, -0.25) is 4.68 Å². The van der Waals surface area contributed by atoms with Crippen LogP contribution >= 0.6 is 0 Å². The number of aliphatic hydroxyl groups is 1. The Morgan fingerprint density at radius 1 is 1.52 bits per heavy atom. The molecule has 132 valence electrons. The van der Waals surface area contributed by atoms with Gasteiger partial charge in [0.05, 0.1) is 24.9 Å². The molecule has 1 fully saturated rings. The average Bonchev–Trinajstić information content (AvgIpc) is 3.34. The number of H-pyrrole nitrogens is 1. The zero-order valence-corrected chi connectivity index (χ0v) is 14.1. The summed E-state index contributed by atoms with van der Waals surface area (Å²) < 4.78 is 12.1. The first-order valence-corrected chi connectivity index (χ1v) is 8.10. The Morgan fingerprint density at radius 3 is 3.07 bits per heavy atom. The second kappa shape index (κ2) is 6.61. The van der Waals surface area contributed by atoms with Crippen molar-refractivity contribution in [2.45, 2.75) is 18.0 Å². The highest BCUT2D eigenvalue weighted by molar-refractivity contribution is 6.36. The molecule has 0 bridgehead atoms. The molecule has 1 unspecified atom stereocenters. The lowest BCUT2D eigenvalue weighted by Crippen LogP contribution is -2.34. The van der Waals surface area contributed by atoms with Gasteiger partial charge in [-0.1, -0.05) is 0 Å². The molecule has 3 aromatic heterocycles. The number of aromatic amines is 1. The first-order valence-electron chi connectivity index (χ1n) is 8.10. The molecule has 0 spiro atoms. The van der Waals surface area contributed by atoms with E-state index in [1.807, 2.05) is 6.07 Å². The molecule has 0 saturated carbocycles. The van der Waals surface area contributed by atoms with Crippen LogP contribution in [0.5, 0.6) is 5.88 Å². The minimum Gasteiger partial charge on any atom is -0.469 e. The Balaban J connectivity index is 1.65. The second-order valence-electron chi connectivity index (χ2n) is 6.10. The zero-order chi connectivity index (χ0) is 19.0. The number of anilines is 2. The van der Waals surface area contributed by atoms with Crippen molar-refractivity contribution in [3.63, 3.8) is 0 Å². The van der Waals surface area contributed by atoms with Crippen LogP contribution in [0.15, 0.2) is 18.5 Å². The number of nitrogens with zero attached hydrogens (tertiary/aromatic N) is 5. The van der Waals surface area contributed by atoms with E-state index in [1.54, 1.807) is 12.3 Å². The Labute approximate surface area is 156 Å². The fourth-order valence-electron chi connectivity index (χ4n) is 2.64. The lowest BCUT2D eigenvalue weighted by molar-refractivity contribution is 0.116. The van der Waals surface area contributed by atoms with E-state index < -0.39 is 5.52 Å². The smallest absolute Gasteiger partial charge is 0.257 e. The van der Waals surface area contributed by atoms with Gasteiger partial charge in [0.1, 0.15) is 44.9 Å². The van der Waals surface area contributed by atoms with Gasteiger partial charge in [0, 0.05) is 18.0 Å². The van der Waals surface area contributed by atoms with Crippen LogP contribution in [0.25, 0.3) is 11.0 Å². The van der Waals surface area contributed by atoms with Crippen molar-refractivity contribution in [1.82, 2.24) is 24.7 Å². The Bertz CT molecular complexity index is 1010. The third-order valence-corrected chi connectivity index (χ3v) is 3.95. The number of hydrogen-bond donors (Lipinski definition) is 3. The van der Waals surface area contributed by atoms with Crippen molar-refractivity contribution in [3.05, 3.63) is 24.2 Å². The van der Waals surface area contributed by atoms with Crippen LogP contribution in [0, 0.1) is 11.3 Å². The molecule has 1 saturated heterocycles. The minimum atomic E-state index is -2.20. The van der Waals surface area contributed by atoms with Crippen molar-refractivity contribution in [2.75, 3.05) is 18.5 Å². The molecule has 12 heteroatoms. The van der Waals surface area contributed by atoms with E-state index in [9.17, 15) is 5.11 Å². The lowest BCUT2D eigenvalue weighted by Gasteiger charge is -2.18. The summed E-state index contributed by atoms with van der Waals surface area (Å²) in [5.41, 5.74) is -0.957. The number of rotatable bonds is 5. The third-order valence-electron chi connectivity index (χ3n) is 3.95. The van der Waals surface area contributed by atoms with Crippen molar-refractivity contribution < 1.29 is 14.6 Å². The largest absolute Gasteiger partial charge is 0.469 e. The van der Waals surface area contributed by atoms with E-state index in [4.69, 9.17) is 30.4 Å². The SMILES string of the molecule is [B]C([B])(O)n1cc(Nc2ncc3cc(C#N)[nH]c3n2)c(OC2CCOC2)n1. The number of ether oxygens (including phenoxy) is 2. The van der Waals surface area contributed by atoms with Gasteiger partial charge in [-0.05, 0) is 6.07 Å². The summed E-state index contributed by atoms with van der Waals surface area (Å²) >= 11 is 0. The molecule has 4 radical (unpaired) electrons. The summed E-state index contributed by atoms with van der Waals surface area (Å²) in [5, 5.41) is 26.5. The van der Waals surface area contributed by atoms with Gasteiger partial charge in [0.15, 0.2) is 0 Å². The van der Waals surface area contributed by atoms with Gasteiger partial charge in [-0.15, -0.1) is 5.10 Å². The summed E-state index contributed by atoms with van der Waals surface area (Å²) in [6.07, 6.45) is 3.49. The van der Waals surface area contributed by atoms with Crippen LogP contribution in [0.3, 0.4) is 0 Å². The Kier molecular flexibility index (Phi) is 4.25. The van der Waals surface area contributed by atoms with Gasteiger partial charge >= 0.3 is 0 Å². The predicted molar refractivity (Wildman–Crippen MR) is 95.7 cm³/mol. The van der Waals surface area contributed by atoms with E-state index in [0.717, 1.165) is 4.68 Å². The zero-order valence-electron chi connectivity index (χ0n) is 14.1. The van der Waals surface area contributed by atoms with Crippen LogP contribution in [0.1, 0.15) is 12.1 Å². The first-order chi connectivity index (χ1) is 12.9. The first kappa shape index (κ1) is 17.4. The quantitative estimate of drug-likeness (QED) is 0.534. The average molecular weight is 361 g/mol. The van der Waals surface area contributed by atoms with Gasteiger partial charge < -0.3 is 24.9 Å². The van der Waals surface area contributed by atoms with Crippen LogP contribution in [-0.2, 0) is 10.3 Å². The van der Waals surface area contributed by atoms with Crippen molar-refractivity contribution in [1.29, 1.82) is 5.26 Å². The van der Waals surface area contributed by atoms with Gasteiger partial charge in [-0.25, -0.2) is 4.98 Å². The molecule has 10 nitrogen and oxygen atoms in total. The molecule has 4 heterocycles. The molecule has 27 heavy (non-hydrogen) atoms. The van der Waals surface area contributed by atoms with Crippen molar-refractivity contribution in [2.24, 2.45) is 0 Å². The molecule has 0 aliphatic carbocycles. The molecule has 1 atom stereocenters. The number of aromatic nitrogens is 5. The van der Waals surface area contributed by atoms with Crippen molar-refractivity contribution >= 4 is 38.4 Å². The van der Waals surface area contributed by atoms with Crippen molar-refractivity contribution in [3.8, 4) is 11.9 Å². The summed E-state index contributed by atoms with van der Waals surface area (Å²) in [6, 6.07) is 3.66. The molecule has 0 aromatic carbocycles. The van der Waals surface area contributed by atoms with E-state index in [1.165, 1.54) is 6.20 Å². The highest BCUT2D eigenvalue weighted by atomic mass is 16.6. The molecule has 0 amide bonds. The Hall–Kier alpha value is -3.03. The maximum Gasteiger partial charge on any atom is 0.257 e. The van der Waals surface area contributed by atoms with Crippen LogP contribution in [-0.4, -0.2) is 64.8 Å². The van der Waals surface area contributed by atoms with Gasteiger partial charge in [0.25, 0.3) is 5.88 Å². The molecule has 1 aliphatic rings. The van der Waals surface area contributed by atoms with Crippen LogP contribution in [0.4, 0.5) is 11.6 Å². The topological polar surface area (TPSA) is 134 Å². The molecule has 3 N–H and O–H groups in total. The fraction of sp³-hybridized carbons (Fsp3) is 0.333. The van der Waals surface area contributed by atoms with Crippen LogP contribution < -0.4 is 10.1 Å². The van der Waals surface area contributed by atoms with E-state index >= 15 is 0 Å². The molecular weight excluding hydrogens is 348 g/mol. The van der Waals surface area contributed by atoms with Crippen LogP contribution in [0.2, 0.25) is 0 Å². The maximum atomic E-state index is 9.81. The standard InChI is InChI=1S/C15H13B2N7O3/c16-15(17,25)24-6-11(13(23-24)27-10-1-2-26-7-10)21-14-19-5-8-3-9(4-18)20-12(8)22-14/h3,5-6,10,25H,1-2,7H2,(H2,19,20,21,22). The van der Waals surface area contributed by atoms with Gasteiger partial charge in [0.2, 0.25) is 5.95 Å². The van der Waals surface area contributed by atoms with E-state index in [0.29, 0.717) is 42.0 Å².